The first kappa shape index (κ1) is 13.0. The zero-order valence-electron chi connectivity index (χ0n) is 10.4. The minimum Gasteiger partial charge on any atom is -0.497 e. The molecule has 0 bridgehead atoms. The molecule has 0 spiro atoms. The van der Waals surface area contributed by atoms with Crippen LogP contribution in [0.25, 0.3) is 11.3 Å². The molecule has 96 valence electrons. The van der Waals surface area contributed by atoms with E-state index in [-0.39, 0.29) is 0 Å². The monoisotopic (exact) mass is 310 g/mol. The molecule has 18 heavy (non-hydrogen) atoms. The number of nitrogen functional groups attached to an aromatic ring is 1. The van der Waals surface area contributed by atoms with Crippen LogP contribution in [0.2, 0.25) is 0 Å². The number of halogens is 1. The van der Waals surface area contributed by atoms with E-state index < -0.39 is 0 Å². The van der Waals surface area contributed by atoms with Crippen molar-refractivity contribution >= 4 is 21.7 Å². The summed E-state index contributed by atoms with van der Waals surface area (Å²) in [4.78, 5) is 0. The molecule has 0 unspecified atom stereocenters. The first-order valence-corrected chi connectivity index (χ1v) is 6.54. The average Bonchev–Trinajstić information content (AvgIpc) is 2.73. The van der Waals surface area contributed by atoms with Gasteiger partial charge in [0.25, 0.3) is 0 Å². The Morgan fingerprint density at radius 1 is 1.44 bits per heavy atom. The van der Waals surface area contributed by atoms with Crippen LogP contribution in [0.4, 0.5) is 5.82 Å². The number of benzene rings is 1. The third-order valence-corrected chi connectivity index (χ3v) is 3.43. The van der Waals surface area contributed by atoms with Crippen molar-refractivity contribution in [1.29, 1.82) is 0 Å². The Bertz CT molecular complexity index is 552. The summed E-state index contributed by atoms with van der Waals surface area (Å²) in [6, 6.07) is 5.71. The predicted molar refractivity (Wildman–Crippen MR) is 74.6 cm³/mol. The molecule has 1 heterocycles. The standard InChI is InChI=1S/C13H15BrN2O2/c1-3-4-9-12(18-16-13(9)15)10-7-8(17-2)5-6-11(10)14/h5-7H,3-4H2,1-2H3,(H2,15,16). The highest BCUT2D eigenvalue weighted by Crippen LogP contribution is 2.36. The lowest BCUT2D eigenvalue weighted by atomic mass is 10.0. The maximum atomic E-state index is 5.83. The first-order valence-electron chi connectivity index (χ1n) is 5.75. The normalized spacial score (nSPS) is 10.6. The van der Waals surface area contributed by atoms with Crippen LogP contribution in [0.5, 0.6) is 5.75 Å². The molecule has 0 aliphatic heterocycles. The van der Waals surface area contributed by atoms with Crippen molar-refractivity contribution < 1.29 is 9.26 Å². The number of hydrogen-bond donors (Lipinski definition) is 1. The molecule has 0 atom stereocenters. The topological polar surface area (TPSA) is 61.3 Å². The van der Waals surface area contributed by atoms with Gasteiger partial charge < -0.3 is 15.0 Å². The van der Waals surface area contributed by atoms with E-state index in [2.05, 4.69) is 28.0 Å². The Labute approximate surface area is 114 Å². The minimum absolute atomic E-state index is 0.460. The molecular formula is C13H15BrN2O2. The molecule has 0 aliphatic rings. The number of nitrogens with zero attached hydrogens (tertiary/aromatic N) is 1. The minimum atomic E-state index is 0.460. The zero-order chi connectivity index (χ0) is 13.1. The summed E-state index contributed by atoms with van der Waals surface area (Å²) in [5.74, 6) is 1.94. The summed E-state index contributed by atoms with van der Waals surface area (Å²) in [6.07, 6.45) is 1.83. The highest BCUT2D eigenvalue weighted by atomic mass is 79.9. The van der Waals surface area contributed by atoms with E-state index in [1.165, 1.54) is 0 Å². The van der Waals surface area contributed by atoms with Gasteiger partial charge in [0, 0.05) is 15.6 Å². The molecule has 0 saturated carbocycles. The van der Waals surface area contributed by atoms with E-state index in [9.17, 15) is 0 Å². The van der Waals surface area contributed by atoms with Crippen molar-refractivity contribution in [2.45, 2.75) is 19.8 Å². The molecular weight excluding hydrogens is 296 g/mol. The van der Waals surface area contributed by atoms with Crippen molar-refractivity contribution in [2.24, 2.45) is 0 Å². The number of ether oxygens (including phenoxy) is 1. The Kier molecular flexibility index (Phi) is 3.91. The molecule has 0 amide bonds. The van der Waals surface area contributed by atoms with Gasteiger partial charge in [0.05, 0.1) is 7.11 Å². The molecule has 0 aliphatic carbocycles. The molecule has 0 fully saturated rings. The number of rotatable bonds is 4. The molecule has 4 nitrogen and oxygen atoms in total. The SMILES string of the molecule is CCCc1c(N)noc1-c1cc(OC)ccc1Br. The van der Waals surface area contributed by atoms with Gasteiger partial charge in [0.2, 0.25) is 0 Å². The van der Waals surface area contributed by atoms with Crippen LogP contribution in [0.1, 0.15) is 18.9 Å². The maximum Gasteiger partial charge on any atom is 0.173 e. The fourth-order valence-electron chi connectivity index (χ4n) is 1.83. The second-order valence-corrected chi connectivity index (χ2v) is 4.83. The highest BCUT2D eigenvalue weighted by Gasteiger charge is 2.17. The van der Waals surface area contributed by atoms with Gasteiger partial charge in [0.1, 0.15) is 5.75 Å². The molecule has 1 aromatic heterocycles. The summed E-state index contributed by atoms with van der Waals surface area (Å²) >= 11 is 3.51. The van der Waals surface area contributed by atoms with Gasteiger partial charge in [-0.05, 0) is 24.6 Å². The Morgan fingerprint density at radius 2 is 2.22 bits per heavy atom. The lowest BCUT2D eigenvalue weighted by molar-refractivity contribution is 0.413. The quantitative estimate of drug-likeness (QED) is 0.936. The lowest BCUT2D eigenvalue weighted by Crippen LogP contribution is -1.93. The van der Waals surface area contributed by atoms with Crippen LogP contribution >= 0.6 is 15.9 Å². The van der Waals surface area contributed by atoms with Gasteiger partial charge in [0.15, 0.2) is 11.6 Å². The summed E-state index contributed by atoms with van der Waals surface area (Å²) in [7, 11) is 1.63. The largest absolute Gasteiger partial charge is 0.497 e. The third-order valence-electron chi connectivity index (χ3n) is 2.74. The lowest BCUT2D eigenvalue weighted by Gasteiger charge is -2.06. The van der Waals surface area contributed by atoms with Crippen LogP contribution in [-0.2, 0) is 6.42 Å². The van der Waals surface area contributed by atoms with E-state index in [0.29, 0.717) is 11.6 Å². The van der Waals surface area contributed by atoms with E-state index >= 15 is 0 Å². The zero-order valence-corrected chi connectivity index (χ0v) is 12.0. The van der Waals surface area contributed by atoms with Gasteiger partial charge in [-0.3, -0.25) is 0 Å². The van der Waals surface area contributed by atoms with E-state index in [1.54, 1.807) is 7.11 Å². The predicted octanol–water partition coefficient (Wildman–Crippen LogP) is 3.65. The van der Waals surface area contributed by atoms with Gasteiger partial charge in [-0.2, -0.15) is 0 Å². The van der Waals surface area contributed by atoms with Crippen LogP contribution in [0.3, 0.4) is 0 Å². The van der Waals surface area contributed by atoms with Crippen molar-refractivity contribution in [3.63, 3.8) is 0 Å². The molecule has 2 aromatic rings. The molecule has 2 rings (SSSR count). The molecule has 1 aromatic carbocycles. The first-order chi connectivity index (χ1) is 8.67. The molecule has 0 saturated heterocycles. The fourth-order valence-corrected chi connectivity index (χ4v) is 2.26. The molecule has 0 radical (unpaired) electrons. The summed E-state index contributed by atoms with van der Waals surface area (Å²) in [5, 5.41) is 3.85. The van der Waals surface area contributed by atoms with Crippen molar-refractivity contribution in [1.82, 2.24) is 5.16 Å². The molecule has 2 N–H and O–H groups in total. The van der Waals surface area contributed by atoms with Crippen molar-refractivity contribution in [3.8, 4) is 17.1 Å². The smallest absolute Gasteiger partial charge is 0.173 e. The summed E-state index contributed by atoms with van der Waals surface area (Å²) < 4.78 is 11.5. The van der Waals surface area contributed by atoms with Crippen LogP contribution in [-0.4, -0.2) is 12.3 Å². The highest BCUT2D eigenvalue weighted by molar-refractivity contribution is 9.10. The van der Waals surface area contributed by atoms with E-state index in [1.807, 2.05) is 18.2 Å². The number of anilines is 1. The second kappa shape index (κ2) is 5.44. The summed E-state index contributed by atoms with van der Waals surface area (Å²) in [5.41, 5.74) is 7.69. The maximum absolute atomic E-state index is 5.83. The number of nitrogens with two attached hydrogens (primary N) is 1. The fraction of sp³-hybridized carbons (Fsp3) is 0.308. The van der Waals surface area contributed by atoms with Crippen LogP contribution in [0.15, 0.2) is 27.2 Å². The molecule has 5 heteroatoms. The van der Waals surface area contributed by atoms with Gasteiger partial charge >= 0.3 is 0 Å². The van der Waals surface area contributed by atoms with Gasteiger partial charge in [-0.25, -0.2) is 0 Å². The van der Waals surface area contributed by atoms with Crippen LogP contribution < -0.4 is 10.5 Å². The summed E-state index contributed by atoms with van der Waals surface area (Å²) in [6.45, 7) is 2.09. The van der Waals surface area contributed by atoms with Crippen molar-refractivity contribution in [2.75, 3.05) is 12.8 Å². The van der Waals surface area contributed by atoms with Crippen molar-refractivity contribution in [3.05, 3.63) is 28.2 Å². The Morgan fingerprint density at radius 3 is 2.89 bits per heavy atom. The number of methoxy groups -OCH3 is 1. The van der Waals surface area contributed by atoms with Crippen LogP contribution in [0, 0.1) is 0 Å². The third kappa shape index (κ3) is 2.36. The Balaban J connectivity index is 2.54. The van der Waals surface area contributed by atoms with Gasteiger partial charge in [-0.1, -0.05) is 34.4 Å². The van der Waals surface area contributed by atoms with E-state index in [4.69, 9.17) is 15.0 Å². The second-order valence-electron chi connectivity index (χ2n) is 3.97. The number of hydrogen-bond acceptors (Lipinski definition) is 4. The number of aromatic nitrogens is 1. The van der Waals surface area contributed by atoms with Gasteiger partial charge in [-0.15, -0.1) is 0 Å². The Hall–Kier alpha value is -1.49. The average molecular weight is 311 g/mol. The van der Waals surface area contributed by atoms with E-state index in [0.717, 1.165) is 34.2 Å².